The molecule has 0 saturated heterocycles. The molecule has 94 valence electrons. The molecule has 0 aliphatic rings. The maximum atomic E-state index is 5.49. The fraction of sp³-hybridized carbons (Fsp3) is 0.273. The molecular weight excluding hydrogens is 268 g/mol. The zero-order valence-corrected chi connectivity index (χ0v) is 11.4. The Morgan fingerprint density at radius 2 is 2.33 bits per heavy atom. The van der Waals surface area contributed by atoms with Crippen LogP contribution in [0.2, 0.25) is 0 Å². The van der Waals surface area contributed by atoms with Crippen LogP contribution in [-0.4, -0.2) is 26.5 Å². The minimum Gasteiger partial charge on any atom is -0.463 e. The van der Waals surface area contributed by atoms with Crippen molar-refractivity contribution in [2.75, 3.05) is 6.61 Å². The Balaban J connectivity index is 1.92. The van der Waals surface area contributed by atoms with Crippen molar-refractivity contribution in [2.24, 2.45) is 5.73 Å². The van der Waals surface area contributed by atoms with E-state index in [1.165, 1.54) is 4.88 Å². The molecule has 0 amide bonds. The van der Waals surface area contributed by atoms with Crippen molar-refractivity contribution in [3.8, 4) is 6.01 Å². The third-order valence-corrected chi connectivity index (χ3v) is 3.50. The number of rotatable bonds is 5. The molecule has 0 aliphatic heterocycles. The minimum absolute atomic E-state index is 0.237. The number of hydrogen-bond acceptors (Lipinski definition) is 6. The van der Waals surface area contributed by atoms with E-state index in [9.17, 15) is 0 Å². The standard InChI is InChI=1S/C11H12N4OS2/c1-7-9(18-6-14-7)3-5-16-11-13-4-2-8(15-11)10(12)17/h2,4,6H,3,5H2,1H3,(H2,12,17). The van der Waals surface area contributed by atoms with Gasteiger partial charge >= 0.3 is 6.01 Å². The van der Waals surface area contributed by atoms with Gasteiger partial charge in [0.2, 0.25) is 0 Å². The molecule has 18 heavy (non-hydrogen) atoms. The van der Waals surface area contributed by atoms with E-state index < -0.39 is 0 Å². The van der Waals surface area contributed by atoms with E-state index in [2.05, 4.69) is 15.0 Å². The number of ether oxygens (including phenoxy) is 1. The second-order valence-electron chi connectivity index (χ2n) is 3.55. The first-order valence-corrected chi connectivity index (χ1v) is 6.60. The van der Waals surface area contributed by atoms with Gasteiger partial charge in [-0.1, -0.05) is 12.2 Å². The molecule has 0 radical (unpaired) electrons. The van der Waals surface area contributed by atoms with Gasteiger partial charge in [-0.05, 0) is 13.0 Å². The van der Waals surface area contributed by atoms with Crippen LogP contribution in [0.3, 0.4) is 0 Å². The van der Waals surface area contributed by atoms with Gasteiger partial charge in [0, 0.05) is 17.5 Å². The monoisotopic (exact) mass is 280 g/mol. The van der Waals surface area contributed by atoms with Gasteiger partial charge in [0.25, 0.3) is 0 Å². The molecule has 2 heterocycles. The van der Waals surface area contributed by atoms with Gasteiger partial charge in [-0.2, -0.15) is 4.98 Å². The number of nitrogens with zero attached hydrogens (tertiary/aromatic N) is 3. The van der Waals surface area contributed by atoms with Crippen LogP contribution in [0.25, 0.3) is 0 Å². The van der Waals surface area contributed by atoms with Gasteiger partial charge in [-0.3, -0.25) is 0 Å². The normalized spacial score (nSPS) is 10.3. The van der Waals surface area contributed by atoms with Gasteiger partial charge < -0.3 is 10.5 Å². The number of nitrogens with two attached hydrogens (primary N) is 1. The first-order valence-electron chi connectivity index (χ1n) is 5.31. The Labute approximate surface area is 114 Å². The molecule has 0 spiro atoms. The third kappa shape index (κ3) is 3.21. The molecule has 2 rings (SSSR count). The predicted octanol–water partition coefficient (Wildman–Crippen LogP) is 1.50. The molecule has 2 N–H and O–H groups in total. The van der Waals surface area contributed by atoms with Crippen molar-refractivity contribution in [3.63, 3.8) is 0 Å². The summed E-state index contributed by atoms with van der Waals surface area (Å²) in [5, 5.41) is 0. The summed E-state index contributed by atoms with van der Waals surface area (Å²) in [6.45, 7) is 2.49. The van der Waals surface area contributed by atoms with E-state index >= 15 is 0 Å². The maximum Gasteiger partial charge on any atom is 0.316 e. The quantitative estimate of drug-likeness (QED) is 0.837. The Kier molecular flexibility index (Phi) is 4.16. The van der Waals surface area contributed by atoms with Gasteiger partial charge in [0.05, 0.1) is 17.8 Å². The van der Waals surface area contributed by atoms with Crippen LogP contribution in [0.4, 0.5) is 0 Å². The summed E-state index contributed by atoms with van der Waals surface area (Å²) >= 11 is 6.46. The second kappa shape index (κ2) is 5.83. The summed E-state index contributed by atoms with van der Waals surface area (Å²) in [7, 11) is 0. The average molecular weight is 280 g/mol. The van der Waals surface area contributed by atoms with Crippen LogP contribution in [0.1, 0.15) is 16.3 Å². The van der Waals surface area contributed by atoms with E-state index in [4.69, 9.17) is 22.7 Å². The lowest BCUT2D eigenvalue weighted by molar-refractivity contribution is 0.296. The molecule has 0 bridgehead atoms. The Bertz CT molecular complexity index is 555. The summed E-state index contributed by atoms with van der Waals surface area (Å²) in [6, 6.07) is 1.95. The highest BCUT2D eigenvalue weighted by Gasteiger charge is 2.04. The van der Waals surface area contributed by atoms with Gasteiger partial charge in [-0.15, -0.1) is 11.3 Å². The lowest BCUT2D eigenvalue weighted by atomic mass is 10.3. The number of hydrogen-bond donors (Lipinski definition) is 1. The topological polar surface area (TPSA) is 73.9 Å². The van der Waals surface area contributed by atoms with Crippen LogP contribution in [0, 0.1) is 6.92 Å². The number of aromatic nitrogens is 3. The van der Waals surface area contributed by atoms with E-state index in [-0.39, 0.29) is 4.99 Å². The first kappa shape index (κ1) is 12.8. The second-order valence-corrected chi connectivity index (χ2v) is 4.93. The Morgan fingerprint density at radius 1 is 1.50 bits per heavy atom. The molecule has 0 unspecified atom stereocenters. The van der Waals surface area contributed by atoms with E-state index in [0.29, 0.717) is 18.3 Å². The van der Waals surface area contributed by atoms with Crippen LogP contribution >= 0.6 is 23.6 Å². The number of thiazole rings is 1. The molecule has 2 aromatic rings. The lowest BCUT2D eigenvalue weighted by Crippen LogP contribution is -2.13. The van der Waals surface area contributed by atoms with Crippen LogP contribution < -0.4 is 10.5 Å². The molecule has 5 nitrogen and oxygen atoms in total. The van der Waals surface area contributed by atoms with Crippen molar-refractivity contribution in [1.29, 1.82) is 0 Å². The molecule has 0 aliphatic carbocycles. The van der Waals surface area contributed by atoms with Crippen molar-refractivity contribution in [2.45, 2.75) is 13.3 Å². The average Bonchev–Trinajstić information content (AvgIpc) is 2.76. The van der Waals surface area contributed by atoms with E-state index in [1.54, 1.807) is 23.6 Å². The molecule has 0 atom stereocenters. The van der Waals surface area contributed by atoms with E-state index in [0.717, 1.165) is 12.1 Å². The smallest absolute Gasteiger partial charge is 0.316 e. The highest BCUT2D eigenvalue weighted by Crippen LogP contribution is 2.13. The van der Waals surface area contributed by atoms with Crippen molar-refractivity contribution < 1.29 is 4.74 Å². The van der Waals surface area contributed by atoms with Gasteiger partial charge in [-0.25, -0.2) is 9.97 Å². The zero-order valence-electron chi connectivity index (χ0n) is 9.79. The molecule has 0 aromatic carbocycles. The summed E-state index contributed by atoms with van der Waals surface area (Å²) in [4.78, 5) is 13.7. The van der Waals surface area contributed by atoms with Gasteiger partial charge in [0.15, 0.2) is 0 Å². The predicted molar refractivity (Wildman–Crippen MR) is 74.0 cm³/mol. The van der Waals surface area contributed by atoms with Crippen LogP contribution in [0.5, 0.6) is 6.01 Å². The first-order chi connectivity index (χ1) is 8.66. The summed E-state index contributed by atoms with van der Waals surface area (Å²) < 4.78 is 5.47. The summed E-state index contributed by atoms with van der Waals surface area (Å²) in [6.07, 6.45) is 2.37. The fourth-order valence-electron chi connectivity index (χ4n) is 1.35. The highest BCUT2D eigenvalue weighted by atomic mass is 32.1. The summed E-state index contributed by atoms with van der Waals surface area (Å²) in [5.74, 6) is 0. The largest absolute Gasteiger partial charge is 0.463 e. The zero-order chi connectivity index (χ0) is 13.0. The number of thiocarbonyl (C=S) groups is 1. The lowest BCUT2D eigenvalue weighted by Gasteiger charge is -2.04. The van der Waals surface area contributed by atoms with Crippen molar-refractivity contribution in [3.05, 3.63) is 34.0 Å². The van der Waals surface area contributed by atoms with Crippen molar-refractivity contribution in [1.82, 2.24) is 15.0 Å². The highest BCUT2D eigenvalue weighted by molar-refractivity contribution is 7.80. The molecular formula is C11H12N4OS2. The number of aryl methyl sites for hydroxylation is 1. The molecule has 2 aromatic heterocycles. The van der Waals surface area contributed by atoms with Crippen LogP contribution in [0.15, 0.2) is 17.8 Å². The Morgan fingerprint density at radius 3 is 3.00 bits per heavy atom. The van der Waals surface area contributed by atoms with E-state index in [1.807, 2.05) is 12.4 Å². The molecule has 0 fully saturated rings. The van der Waals surface area contributed by atoms with Crippen LogP contribution in [-0.2, 0) is 6.42 Å². The van der Waals surface area contributed by atoms with Crippen molar-refractivity contribution >= 4 is 28.5 Å². The van der Waals surface area contributed by atoms with Gasteiger partial charge in [0.1, 0.15) is 10.7 Å². The summed E-state index contributed by atoms with van der Waals surface area (Å²) in [5.41, 5.74) is 8.88. The SMILES string of the molecule is Cc1ncsc1CCOc1nccc(C(N)=S)n1. The maximum absolute atomic E-state index is 5.49. The Hall–Kier alpha value is -1.60. The third-order valence-electron chi connectivity index (χ3n) is 2.29. The minimum atomic E-state index is 0.237. The fourth-order valence-corrected chi connectivity index (χ4v) is 2.22. The molecule has 7 heteroatoms. The molecule has 0 saturated carbocycles.